The molecule has 2 N–H and O–H groups in total. The molecule has 0 aromatic carbocycles. The van der Waals surface area contributed by atoms with Gasteiger partial charge < -0.3 is 10.6 Å². The van der Waals surface area contributed by atoms with Gasteiger partial charge >= 0.3 is 6.03 Å². The SMILES string of the molecule is CCCNC(=O)NC1CC(=O)N(CCC)C1=O. The molecule has 1 rings (SSSR count). The largest absolute Gasteiger partial charge is 0.338 e. The fraction of sp³-hybridized carbons (Fsp3) is 0.727. The van der Waals surface area contributed by atoms with Gasteiger partial charge in [-0.15, -0.1) is 0 Å². The van der Waals surface area contributed by atoms with E-state index in [1.54, 1.807) is 0 Å². The van der Waals surface area contributed by atoms with Crippen molar-refractivity contribution in [3.05, 3.63) is 0 Å². The highest BCUT2D eigenvalue weighted by Gasteiger charge is 2.38. The second-order valence-corrected chi connectivity index (χ2v) is 4.04. The Bertz CT molecular complexity index is 317. The Morgan fingerprint density at radius 3 is 2.65 bits per heavy atom. The molecular weight excluding hydrogens is 222 g/mol. The van der Waals surface area contributed by atoms with Crippen molar-refractivity contribution in [2.45, 2.75) is 39.2 Å². The zero-order chi connectivity index (χ0) is 12.8. The number of carbonyl (C=O) groups is 3. The highest BCUT2D eigenvalue weighted by atomic mass is 16.2. The van der Waals surface area contributed by atoms with Crippen LogP contribution in [-0.4, -0.2) is 41.9 Å². The number of likely N-dealkylation sites (tertiary alicyclic amines) is 1. The van der Waals surface area contributed by atoms with Gasteiger partial charge in [-0.2, -0.15) is 0 Å². The fourth-order valence-electron chi connectivity index (χ4n) is 1.70. The molecule has 96 valence electrons. The molecule has 1 fully saturated rings. The van der Waals surface area contributed by atoms with Crippen molar-refractivity contribution in [1.29, 1.82) is 0 Å². The van der Waals surface area contributed by atoms with Gasteiger partial charge in [0.25, 0.3) is 5.91 Å². The van der Waals surface area contributed by atoms with Crippen molar-refractivity contribution < 1.29 is 14.4 Å². The quantitative estimate of drug-likeness (QED) is 0.676. The van der Waals surface area contributed by atoms with Crippen molar-refractivity contribution >= 4 is 17.8 Å². The van der Waals surface area contributed by atoms with Crippen molar-refractivity contribution in [2.24, 2.45) is 0 Å². The highest BCUT2D eigenvalue weighted by Crippen LogP contribution is 2.13. The monoisotopic (exact) mass is 241 g/mol. The predicted molar refractivity (Wildman–Crippen MR) is 62.2 cm³/mol. The van der Waals surface area contributed by atoms with E-state index in [1.165, 1.54) is 4.90 Å². The van der Waals surface area contributed by atoms with E-state index >= 15 is 0 Å². The Hall–Kier alpha value is -1.59. The van der Waals surface area contributed by atoms with Gasteiger partial charge in [0.05, 0.1) is 6.42 Å². The molecule has 1 heterocycles. The Balaban J connectivity index is 2.48. The molecule has 0 saturated carbocycles. The lowest BCUT2D eigenvalue weighted by Gasteiger charge is -2.14. The molecule has 1 unspecified atom stereocenters. The average molecular weight is 241 g/mol. The second kappa shape index (κ2) is 6.22. The summed E-state index contributed by atoms with van der Waals surface area (Å²) < 4.78 is 0. The van der Waals surface area contributed by atoms with Crippen molar-refractivity contribution in [1.82, 2.24) is 15.5 Å². The fourth-order valence-corrected chi connectivity index (χ4v) is 1.70. The Labute approximate surface area is 101 Å². The van der Waals surface area contributed by atoms with Crippen LogP contribution < -0.4 is 10.6 Å². The molecule has 0 radical (unpaired) electrons. The van der Waals surface area contributed by atoms with E-state index in [4.69, 9.17) is 0 Å². The lowest BCUT2D eigenvalue weighted by Crippen LogP contribution is -2.46. The van der Waals surface area contributed by atoms with Gasteiger partial charge in [0.1, 0.15) is 6.04 Å². The van der Waals surface area contributed by atoms with Crippen LogP contribution in [-0.2, 0) is 9.59 Å². The minimum Gasteiger partial charge on any atom is -0.338 e. The first-order valence-corrected chi connectivity index (χ1v) is 5.98. The summed E-state index contributed by atoms with van der Waals surface area (Å²) >= 11 is 0. The van der Waals surface area contributed by atoms with Crippen LogP contribution in [0.5, 0.6) is 0 Å². The number of amides is 4. The van der Waals surface area contributed by atoms with Gasteiger partial charge in [0.2, 0.25) is 5.91 Å². The third-order valence-electron chi connectivity index (χ3n) is 2.53. The number of rotatable bonds is 5. The van der Waals surface area contributed by atoms with E-state index in [1.807, 2.05) is 13.8 Å². The molecule has 0 aromatic rings. The lowest BCUT2D eigenvalue weighted by molar-refractivity contribution is -0.138. The lowest BCUT2D eigenvalue weighted by atomic mass is 10.2. The summed E-state index contributed by atoms with van der Waals surface area (Å²) in [7, 11) is 0. The van der Waals surface area contributed by atoms with Crippen molar-refractivity contribution in [3.8, 4) is 0 Å². The van der Waals surface area contributed by atoms with Crippen LogP contribution >= 0.6 is 0 Å². The number of carbonyl (C=O) groups excluding carboxylic acids is 3. The Morgan fingerprint density at radius 1 is 1.35 bits per heavy atom. The molecule has 17 heavy (non-hydrogen) atoms. The maximum atomic E-state index is 11.8. The summed E-state index contributed by atoms with van der Waals surface area (Å²) in [6, 6.07) is -1.10. The summed E-state index contributed by atoms with van der Waals surface area (Å²) in [5, 5.41) is 5.13. The number of nitrogens with one attached hydrogen (secondary N) is 2. The molecule has 6 heteroatoms. The molecule has 0 spiro atoms. The summed E-state index contributed by atoms with van der Waals surface area (Å²) in [6.45, 7) is 4.81. The highest BCUT2D eigenvalue weighted by molar-refractivity contribution is 6.06. The second-order valence-electron chi connectivity index (χ2n) is 4.04. The van der Waals surface area contributed by atoms with E-state index in [0.717, 1.165) is 12.8 Å². The van der Waals surface area contributed by atoms with E-state index < -0.39 is 12.1 Å². The molecule has 0 aliphatic carbocycles. The zero-order valence-corrected chi connectivity index (χ0v) is 10.3. The molecule has 0 aromatic heterocycles. The zero-order valence-electron chi connectivity index (χ0n) is 10.3. The predicted octanol–water partition coefficient (Wildman–Crippen LogP) is 0.233. The topological polar surface area (TPSA) is 78.5 Å². The number of imide groups is 1. The maximum Gasteiger partial charge on any atom is 0.315 e. The van der Waals surface area contributed by atoms with Crippen molar-refractivity contribution in [3.63, 3.8) is 0 Å². The molecular formula is C11H19N3O3. The standard InChI is InChI=1S/C11H19N3O3/c1-3-5-12-11(17)13-8-7-9(15)14(6-4-2)10(8)16/h8H,3-7H2,1-2H3,(H2,12,13,17). The van der Waals surface area contributed by atoms with Crippen LogP contribution in [0.3, 0.4) is 0 Å². The Morgan fingerprint density at radius 2 is 2.06 bits per heavy atom. The van der Waals surface area contributed by atoms with Crippen LogP contribution in [0.25, 0.3) is 0 Å². The van der Waals surface area contributed by atoms with Gasteiger partial charge in [0, 0.05) is 13.1 Å². The minimum atomic E-state index is -0.703. The number of hydrogen-bond donors (Lipinski definition) is 2. The van der Waals surface area contributed by atoms with E-state index in [-0.39, 0.29) is 18.2 Å². The van der Waals surface area contributed by atoms with Crippen LogP contribution in [0.15, 0.2) is 0 Å². The van der Waals surface area contributed by atoms with Gasteiger partial charge in [-0.05, 0) is 12.8 Å². The summed E-state index contributed by atoms with van der Waals surface area (Å²) in [6.07, 6.45) is 1.62. The normalized spacial score (nSPS) is 19.6. The van der Waals surface area contributed by atoms with Gasteiger partial charge in [-0.3, -0.25) is 14.5 Å². The van der Waals surface area contributed by atoms with Crippen LogP contribution in [0.2, 0.25) is 0 Å². The third-order valence-corrected chi connectivity index (χ3v) is 2.53. The summed E-state index contributed by atoms with van der Waals surface area (Å²) in [5.74, 6) is -0.513. The van der Waals surface area contributed by atoms with Crippen molar-refractivity contribution in [2.75, 3.05) is 13.1 Å². The smallest absolute Gasteiger partial charge is 0.315 e. The van der Waals surface area contributed by atoms with Crippen LogP contribution in [0.1, 0.15) is 33.1 Å². The van der Waals surface area contributed by atoms with E-state index in [9.17, 15) is 14.4 Å². The first kappa shape index (κ1) is 13.5. The maximum absolute atomic E-state index is 11.8. The molecule has 1 saturated heterocycles. The first-order chi connectivity index (χ1) is 8.10. The molecule has 1 aliphatic heterocycles. The summed E-state index contributed by atoms with van der Waals surface area (Å²) in [5.41, 5.74) is 0. The molecule has 0 bridgehead atoms. The molecule has 4 amide bonds. The first-order valence-electron chi connectivity index (χ1n) is 5.98. The number of nitrogens with zero attached hydrogens (tertiary/aromatic N) is 1. The van der Waals surface area contributed by atoms with Crippen LogP contribution in [0, 0.1) is 0 Å². The van der Waals surface area contributed by atoms with Gasteiger partial charge in [0.15, 0.2) is 0 Å². The Kier molecular flexibility index (Phi) is 4.93. The molecule has 1 aliphatic rings. The minimum absolute atomic E-state index is 0.0678. The number of hydrogen-bond acceptors (Lipinski definition) is 3. The summed E-state index contributed by atoms with van der Waals surface area (Å²) in [4.78, 5) is 35.9. The average Bonchev–Trinajstić information content (AvgIpc) is 2.55. The molecule has 6 nitrogen and oxygen atoms in total. The third kappa shape index (κ3) is 3.44. The van der Waals surface area contributed by atoms with E-state index in [2.05, 4.69) is 10.6 Å². The number of urea groups is 1. The van der Waals surface area contributed by atoms with E-state index in [0.29, 0.717) is 13.1 Å². The van der Waals surface area contributed by atoms with Gasteiger partial charge in [-0.25, -0.2) is 4.79 Å². The molecule has 1 atom stereocenters. The van der Waals surface area contributed by atoms with Crippen LogP contribution in [0.4, 0.5) is 4.79 Å². The van der Waals surface area contributed by atoms with Gasteiger partial charge in [-0.1, -0.05) is 13.8 Å².